The van der Waals surface area contributed by atoms with Crippen molar-refractivity contribution in [1.29, 1.82) is 0 Å². The Hall–Kier alpha value is -3.58. The lowest BCUT2D eigenvalue weighted by atomic mass is 9.99. The van der Waals surface area contributed by atoms with Gasteiger partial charge in [0.1, 0.15) is 0 Å². The van der Waals surface area contributed by atoms with E-state index in [9.17, 15) is 0 Å². The van der Waals surface area contributed by atoms with Gasteiger partial charge in [0, 0.05) is 17.1 Å². The Morgan fingerprint density at radius 2 is 1.16 bits per heavy atom. The molecule has 0 bridgehead atoms. The van der Waals surface area contributed by atoms with Gasteiger partial charge >= 0.3 is 0 Å². The maximum Gasteiger partial charge on any atom is 0.0462 e. The van der Waals surface area contributed by atoms with Crippen molar-refractivity contribution in [3.05, 3.63) is 125 Å². The third kappa shape index (κ3) is 4.95. The maximum atomic E-state index is 2.32. The van der Waals surface area contributed by atoms with Crippen LogP contribution < -0.4 is 4.90 Å². The Balaban J connectivity index is 1.63. The molecule has 0 fully saturated rings. The van der Waals surface area contributed by atoms with Crippen molar-refractivity contribution < 1.29 is 0 Å². The number of rotatable bonds is 7. The molecule has 4 aromatic rings. The molecule has 4 aromatic carbocycles. The summed E-state index contributed by atoms with van der Waals surface area (Å²) in [5.74, 6) is 0. The monoisotopic (exact) mass is 403 g/mol. The molecular weight excluding hydrogens is 374 g/mol. The lowest BCUT2D eigenvalue weighted by Gasteiger charge is -2.25. The molecule has 0 aromatic heterocycles. The highest BCUT2D eigenvalue weighted by Gasteiger charge is 2.11. The topological polar surface area (TPSA) is 3.24 Å². The predicted octanol–water partition coefficient (Wildman–Crippen LogP) is 8.45. The van der Waals surface area contributed by atoms with E-state index in [2.05, 4.69) is 134 Å². The van der Waals surface area contributed by atoms with Crippen molar-refractivity contribution in [3.8, 4) is 0 Å². The van der Waals surface area contributed by atoms with Gasteiger partial charge in [-0.15, -0.1) is 0 Å². The Morgan fingerprint density at radius 3 is 1.71 bits per heavy atom. The van der Waals surface area contributed by atoms with E-state index in [-0.39, 0.29) is 0 Å². The highest BCUT2D eigenvalue weighted by molar-refractivity contribution is 5.78. The minimum Gasteiger partial charge on any atom is -0.311 e. The van der Waals surface area contributed by atoms with Gasteiger partial charge in [-0.3, -0.25) is 0 Å². The number of nitrogens with zero attached hydrogens (tertiary/aromatic N) is 1. The van der Waals surface area contributed by atoms with E-state index < -0.39 is 0 Å². The standard InChI is InChI=1S/C30H29N/c1-3-24-15-19-26(4-2)27(23-24)20-16-25-17-21-30(22-18-25)31(28-11-7-5-8-12-28)29-13-9-6-10-14-29/h5-23H,3-4H2,1-2H3. The van der Waals surface area contributed by atoms with Crippen LogP contribution in [-0.2, 0) is 12.8 Å². The largest absolute Gasteiger partial charge is 0.311 e. The highest BCUT2D eigenvalue weighted by Crippen LogP contribution is 2.34. The van der Waals surface area contributed by atoms with Crippen LogP contribution in [0.5, 0.6) is 0 Å². The number of anilines is 3. The van der Waals surface area contributed by atoms with E-state index in [0.717, 1.165) is 29.9 Å². The molecule has 0 amide bonds. The number of aryl methyl sites for hydroxylation is 2. The summed E-state index contributed by atoms with van der Waals surface area (Å²) in [5, 5.41) is 0. The SMILES string of the molecule is CCc1ccc(CC)c(C=Cc2ccc(N(c3ccccc3)c3ccccc3)cc2)c1. The van der Waals surface area contributed by atoms with Crippen molar-refractivity contribution in [2.75, 3.05) is 4.90 Å². The van der Waals surface area contributed by atoms with Crippen LogP contribution in [0, 0.1) is 0 Å². The van der Waals surface area contributed by atoms with E-state index in [0.29, 0.717) is 0 Å². The molecule has 0 saturated heterocycles. The average molecular weight is 404 g/mol. The van der Waals surface area contributed by atoms with E-state index >= 15 is 0 Å². The Labute approximate surface area is 186 Å². The molecule has 0 unspecified atom stereocenters. The van der Waals surface area contributed by atoms with Crippen LogP contribution in [0.2, 0.25) is 0 Å². The summed E-state index contributed by atoms with van der Waals surface area (Å²) in [4.78, 5) is 2.29. The van der Waals surface area contributed by atoms with E-state index in [1.807, 2.05) is 0 Å². The summed E-state index contributed by atoms with van der Waals surface area (Å²) < 4.78 is 0. The van der Waals surface area contributed by atoms with Crippen molar-refractivity contribution in [3.63, 3.8) is 0 Å². The molecule has 0 aliphatic rings. The van der Waals surface area contributed by atoms with Crippen LogP contribution in [0.1, 0.15) is 36.1 Å². The van der Waals surface area contributed by atoms with Crippen LogP contribution >= 0.6 is 0 Å². The quantitative estimate of drug-likeness (QED) is 0.280. The van der Waals surface area contributed by atoms with Crippen molar-refractivity contribution in [2.45, 2.75) is 26.7 Å². The summed E-state index contributed by atoms with van der Waals surface area (Å²) in [7, 11) is 0. The molecule has 0 N–H and O–H groups in total. The molecule has 0 atom stereocenters. The second-order valence-electron chi connectivity index (χ2n) is 7.67. The van der Waals surface area contributed by atoms with Crippen LogP contribution in [0.25, 0.3) is 12.2 Å². The lowest BCUT2D eigenvalue weighted by molar-refractivity contribution is 1.09. The highest BCUT2D eigenvalue weighted by atomic mass is 15.1. The third-order valence-corrected chi connectivity index (χ3v) is 5.63. The van der Waals surface area contributed by atoms with Crippen molar-refractivity contribution >= 4 is 29.2 Å². The Morgan fingerprint density at radius 1 is 0.581 bits per heavy atom. The molecule has 0 aliphatic carbocycles. The first-order valence-corrected chi connectivity index (χ1v) is 11.1. The molecule has 154 valence electrons. The normalized spacial score (nSPS) is 11.0. The van der Waals surface area contributed by atoms with Gasteiger partial charge in [0.25, 0.3) is 0 Å². The number of hydrogen-bond acceptors (Lipinski definition) is 1. The lowest BCUT2D eigenvalue weighted by Crippen LogP contribution is -2.09. The molecule has 0 radical (unpaired) electrons. The fourth-order valence-electron chi connectivity index (χ4n) is 3.86. The van der Waals surface area contributed by atoms with Crippen LogP contribution in [0.3, 0.4) is 0 Å². The summed E-state index contributed by atoms with van der Waals surface area (Å²) in [6.45, 7) is 4.42. The van der Waals surface area contributed by atoms with Gasteiger partial charge < -0.3 is 4.90 Å². The summed E-state index contributed by atoms with van der Waals surface area (Å²) in [6.07, 6.45) is 6.58. The first-order chi connectivity index (χ1) is 15.3. The fourth-order valence-corrected chi connectivity index (χ4v) is 3.86. The first-order valence-electron chi connectivity index (χ1n) is 11.1. The minimum atomic E-state index is 1.05. The Kier molecular flexibility index (Phi) is 6.64. The van der Waals surface area contributed by atoms with Gasteiger partial charge in [-0.25, -0.2) is 0 Å². The van der Waals surface area contributed by atoms with E-state index in [4.69, 9.17) is 0 Å². The summed E-state index contributed by atoms with van der Waals surface area (Å²) >= 11 is 0. The molecule has 0 aliphatic heterocycles. The molecule has 4 rings (SSSR count). The average Bonchev–Trinajstić information content (AvgIpc) is 2.85. The van der Waals surface area contributed by atoms with Crippen LogP contribution in [0.15, 0.2) is 103 Å². The van der Waals surface area contributed by atoms with Gasteiger partial charge in [-0.1, -0.05) is 92.7 Å². The number of benzene rings is 4. The van der Waals surface area contributed by atoms with Crippen LogP contribution in [0.4, 0.5) is 17.1 Å². The molecule has 0 heterocycles. The van der Waals surface area contributed by atoms with Crippen molar-refractivity contribution in [1.82, 2.24) is 0 Å². The zero-order valence-electron chi connectivity index (χ0n) is 18.3. The molecule has 31 heavy (non-hydrogen) atoms. The van der Waals surface area contributed by atoms with Gasteiger partial charge in [0.15, 0.2) is 0 Å². The van der Waals surface area contributed by atoms with E-state index in [1.165, 1.54) is 22.3 Å². The molecule has 0 spiro atoms. The molecule has 0 saturated carbocycles. The maximum absolute atomic E-state index is 2.32. The van der Waals surface area contributed by atoms with Gasteiger partial charge in [0.2, 0.25) is 0 Å². The second kappa shape index (κ2) is 9.95. The summed E-state index contributed by atoms with van der Waals surface area (Å²) in [6, 6.07) is 36.6. The van der Waals surface area contributed by atoms with Gasteiger partial charge in [0.05, 0.1) is 0 Å². The molecular formula is C30H29N. The third-order valence-electron chi connectivity index (χ3n) is 5.63. The van der Waals surface area contributed by atoms with Gasteiger partial charge in [-0.05, 0) is 71.5 Å². The number of para-hydroxylation sites is 2. The molecule has 1 heteroatoms. The minimum absolute atomic E-state index is 1.05. The smallest absolute Gasteiger partial charge is 0.0462 e. The summed E-state index contributed by atoms with van der Waals surface area (Å²) in [5.41, 5.74) is 8.76. The predicted molar refractivity (Wildman–Crippen MR) is 135 cm³/mol. The zero-order chi connectivity index (χ0) is 21.5. The first kappa shape index (κ1) is 20.7. The van der Waals surface area contributed by atoms with E-state index in [1.54, 1.807) is 0 Å². The van der Waals surface area contributed by atoms with Crippen molar-refractivity contribution in [2.24, 2.45) is 0 Å². The second-order valence-corrected chi connectivity index (χ2v) is 7.67. The molecule has 1 nitrogen and oxygen atoms in total. The van der Waals surface area contributed by atoms with Crippen LogP contribution in [-0.4, -0.2) is 0 Å². The van der Waals surface area contributed by atoms with Gasteiger partial charge in [-0.2, -0.15) is 0 Å². The zero-order valence-corrected chi connectivity index (χ0v) is 18.3. The number of hydrogen-bond donors (Lipinski definition) is 0. The Bertz CT molecular complexity index is 1090. The fraction of sp³-hybridized carbons (Fsp3) is 0.133.